The molecule has 0 fully saturated rings. The van der Waals surface area contributed by atoms with Gasteiger partial charge in [0.2, 0.25) is 0 Å². The number of nitrogens with two attached hydrogens (primary N) is 1. The fourth-order valence-corrected chi connectivity index (χ4v) is 3.31. The number of carbonyl (C=O) groups is 1. The van der Waals surface area contributed by atoms with Crippen molar-refractivity contribution in [2.24, 2.45) is 0 Å². The fourth-order valence-electron chi connectivity index (χ4n) is 1.98. The van der Waals surface area contributed by atoms with E-state index < -0.39 is 45.6 Å². The number of urea groups is 1. The highest BCUT2D eigenvalue weighted by molar-refractivity contribution is 9.11. The number of hydrogen-bond donors (Lipinski definition) is 3. The van der Waals surface area contributed by atoms with Crippen LogP contribution in [0, 0.1) is 15.9 Å². The minimum Gasteiger partial charge on any atom is -0.391 e. The Kier molecular flexibility index (Phi) is 5.94. The topological polar surface area (TPSA) is 110 Å². The number of nitrogens with one attached hydrogen (secondary N) is 2. The molecule has 2 rings (SSSR count). The summed E-state index contributed by atoms with van der Waals surface area (Å²) in [5, 5.41) is 15.2. The molecule has 13 heteroatoms. The van der Waals surface area contributed by atoms with E-state index in [-0.39, 0.29) is 20.7 Å². The number of nitro benzene ring substituents is 1. The third-order valence-electron chi connectivity index (χ3n) is 3.18. The summed E-state index contributed by atoms with van der Waals surface area (Å²) in [6, 6.07) is 1.78. The van der Waals surface area contributed by atoms with Gasteiger partial charge in [-0.15, -0.1) is 0 Å². The van der Waals surface area contributed by atoms with Gasteiger partial charge >= 0.3 is 12.2 Å². The van der Waals surface area contributed by atoms with Crippen molar-refractivity contribution in [3.63, 3.8) is 0 Å². The highest BCUT2D eigenvalue weighted by Crippen LogP contribution is 2.39. The number of alkyl halides is 3. The Labute approximate surface area is 165 Å². The first-order chi connectivity index (χ1) is 12.4. The lowest BCUT2D eigenvalue weighted by atomic mass is 10.1. The summed E-state index contributed by atoms with van der Waals surface area (Å²) in [5.74, 6) is -0.613. The van der Waals surface area contributed by atoms with E-state index in [0.29, 0.717) is 6.07 Å². The first-order valence-corrected chi connectivity index (χ1v) is 8.36. The van der Waals surface area contributed by atoms with Gasteiger partial charge in [-0.2, -0.15) is 13.2 Å². The lowest BCUT2D eigenvalue weighted by Gasteiger charge is -2.14. The molecule has 2 aromatic carbocycles. The number of rotatable bonds is 3. The summed E-state index contributed by atoms with van der Waals surface area (Å²) in [5.41, 5.74) is 1.95. The van der Waals surface area contributed by atoms with Gasteiger partial charge in [0.05, 0.1) is 21.9 Å². The van der Waals surface area contributed by atoms with E-state index in [1.54, 1.807) is 0 Å². The largest absolute Gasteiger partial charge is 0.416 e. The van der Waals surface area contributed by atoms with Crippen LogP contribution >= 0.6 is 31.9 Å². The monoisotopic (exact) mass is 514 g/mol. The van der Waals surface area contributed by atoms with Crippen LogP contribution in [0.1, 0.15) is 5.56 Å². The van der Waals surface area contributed by atoms with Crippen molar-refractivity contribution in [1.82, 2.24) is 0 Å². The average molecular weight is 516 g/mol. The van der Waals surface area contributed by atoms with Crippen LogP contribution in [0.25, 0.3) is 0 Å². The number of nitrogens with zero attached hydrogens (tertiary/aromatic N) is 1. The normalized spacial score (nSPS) is 11.2. The molecule has 0 bridgehead atoms. The zero-order valence-corrected chi connectivity index (χ0v) is 16.0. The van der Waals surface area contributed by atoms with Gasteiger partial charge in [0, 0.05) is 15.0 Å². The zero-order chi connectivity index (χ0) is 20.5. The number of benzene rings is 2. The highest BCUT2D eigenvalue weighted by atomic mass is 79.9. The summed E-state index contributed by atoms with van der Waals surface area (Å²) >= 11 is 6.04. The number of nitrogen functional groups attached to an aromatic ring is 1. The minimum atomic E-state index is -4.89. The molecule has 2 aromatic rings. The molecule has 27 heavy (non-hydrogen) atoms. The summed E-state index contributed by atoms with van der Waals surface area (Å²) in [7, 11) is 0. The molecule has 2 amide bonds. The van der Waals surface area contributed by atoms with Gasteiger partial charge in [-0.25, -0.2) is 9.18 Å². The van der Waals surface area contributed by atoms with Crippen molar-refractivity contribution < 1.29 is 27.3 Å². The maximum Gasteiger partial charge on any atom is 0.416 e. The second-order valence-electron chi connectivity index (χ2n) is 5.04. The van der Waals surface area contributed by atoms with Crippen molar-refractivity contribution in [3.05, 3.63) is 54.7 Å². The van der Waals surface area contributed by atoms with Gasteiger partial charge in [0.15, 0.2) is 0 Å². The summed E-state index contributed by atoms with van der Waals surface area (Å²) in [6.45, 7) is 0. The van der Waals surface area contributed by atoms with Gasteiger partial charge in [0.25, 0.3) is 5.69 Å². The summed E-state index contributed by atoms with van der Waals surface area (Å²) in [6.07, 6.45) is -4.89. The fraction of sp³-hybridized carbons (Fsp3) is 0.0714. The van der Waals surface area contributed by atoms with Crippen LogP contribution in [0.3, 0.4) is 0 Å². The Morgan fingerprint density at radius 1 is 1.11 bits per heavy atom. The van der Waals surface area contributed by atoms with Crippen molar-refractivity contribution in [2.75, 3.05) is 16.4 Å². The average Bonchev–Trinajstić information content (AvgIpc) is 2.51. The number of anilines is 3. The van der Waals surface area contributed by atoms with Crippen LogP contribution in [0.5, 0.6) is 0 Å². The molecular formula is C14H8Br2F4N4O3. The summed E-state index contributed by atoms with van der Waals surface area (Å²) in [4.78, 5) is 21.9. The van der Waals surface area contributed by atoms with Crippen molar-refractivity contribution >= 4 is 60.6 Å². The van der Waals surface area contributed by atoms with Crippen LogP contribution in [0.15, 0.2) is 33.2 Å². The molecule has 0 spiro atoms. The number of amides is 2. The van der Waals surface area contributed by atoms with Crippen LogP contribution in [0.4, 0.5) is 45.1 Å². The summed E-state index contributed by atoms with van der Waals surface area (Å²) < 4.78 is 52.3. The molecular weight excluding hydrogens is 508 g/mol. The molecule has 0 saturated carbocycles. The van der Waals surface area contributed by atoms with E-state index in [0.717, 1.165) is 12.1 Å². The molecule has 4 N–H and O–H groups in total. The molecule has 0 aromatic heterocycles. The molecule has 0 saturated heterocycles. The SMILES string of the molecule is Nc1c(NC(=O)Nc2c(Br)cc(F)cc2Br)cc(C(F)(F)F)cc1[N+](=O)[O-]. The highest BCUT2D eigenvalue weighted by Gasteiger charge is 2.34. The predicted molar refractivity (Wildman–Crippen MR) is 97.0 cm³/mol. The second kappa shape index (κ2) is 7.68. The van der Waals surface area contributed by atoms with E-state index in [9.17, 15) is 32.5 Å². The lowest BCUT2D eigenvalue weighted by molar-refractivity contribution is -0.384. The number of hydrogen-bond acceptors (Lipinski definition) is 4. The molecule has 0 aliphatic heterocycles. The van der Waals surface area contributed by atoms with E-state index in [4.69, 9.17) is 5.73 Å². The van der Waals surface area contributed by atoms with E-state index in [1.165, 1.54) is 0 Å². The predicted octanol–water partition coefficient (Wildman–Crippen LogP) is 5.50. The van der Waals surface area contributed by atoms with E-state index in [2.05, 4.69) is 37.2 Å². The molecule has 0 unspecified atom stereocenters. The third-order valence-corrected chi connectivity index (χ3v) is 4.43. The van der Waals surface area contributed by atoms with Crippen LogP contribution in [-0.4, -0.2) is 11.0 Å². The van der Waals surface area contributed by atoms with Crippen LogP contribution in [0.2, 0.25) is 0 Å². The molecule has 0 heterocycles. The molecule has 0 aliphatic rings. The van der Waals surface area contributed by atoms with Gasteiger partial charge in [-0.05, 0) is 50.1 Å². The second-order valence-corrected chi connectivity index (χ2v) is 6.74. The maximum atomic E-state index is 13.2. The number of nitro groups is 1. The molecule has 144 valence electrons. The smallest absolute Gasteiger partial charge is 0.391 e. The lowest BCUT2D eigenvalue weighted by Crippen LogP contribution is -2.21. The Morgan fingerprint density at radius 2 is 1.67 bits per heavy atom. The van der Waals surface area contributed by atoms with E-state index in [1.807, 2.05) is 5.32 Å². The quantitative estimate of drug-likeness (QED) is 0.217. The Balaban J connectivity index is 2.38. The van der Waals surface area contributed by atoms with Crippen molar-refractivity contribution in [2.45, 2.75) is 6.18 Å². The van der Waals surface area contributed by atoms with Gasteiger partial charge in [-0.1, -0.05) is 0 Å². The third kappa shape index (κ3) is 4.86. The Hall–Kier alpha value is -2.41. The Morgan fingerprint density at radius 3 is 2.15 bits per heavy atom. The van der Waals surface area contributed by atoms with E-state index >= 15 is 0 Å². The van der Waals surface area contributed by atoms with Crippen LogP contribution in [-0.2, 0) is 6.18 Å². The molecule has 7 nitrogen and oxygen atoms in total. The molecule has 0 radical (unpaired) electrons. The Bertz CT molecular complexity index is 914. The maximum absolute atomic E-state index is 13.2. The first kappa shape index (κ1) is 20.9. The number of carbonyl (C=O) groups excluding carboxylic acids is 1. The zero-order valence-electron chi connectivity index (χ0n) is 12.8. The van der Waals surface area contributed by atoms with Crippen molar-refractivity contribution in [3.8, 4) is 0 Å². The van der Waals surface area contributed by atoms with Gasteiger partial charge < -0.3 is 16.4 Å². The van der Waals surface area contributed by atoms with Crippen molar-refractivity contribution in [1.29, 1.82) is 0 Å². The van der Waals surface area contributed by atoms with Gasteiger partial charge in [-0.3, -0.25) is 10.1 Å². The molecule has 0 aliphatic carbocycles. The number of halogens is 6. The minimum absolute atomic E-state index is 0.0777. The standard InChI is InChI=1S/C14H8Br2F4N4O3/c15-7-3-6(17)4-8(16)12(7)23-13(25)22-9-1-5(14(18,19)20)2-10(11(9)21)24(26)27/h1-4H,21H2,(H2,22,23,25). The van der Waals surface area contributed by atoms with Gasteiger partial charge in [0.1, 0.15) is 11.5 Å². The molecule has 0 atom stereocenters. The first-order valence-electron chi connectivity index (χ1n) is 6.77. The van der Waals surface area contributed by atoms with Crippen LogP contribution < -0.4 is 16.4 Å².